The summed E-state index contributed by atoms with van der Waals surface area (Å²) >= 11 is 0. The van der Waals surface area contributed by atoms with E-state index in [0.29, 0.717) is 13.1 Å². The van der Waals surface area contributed by atoms with Crippen LogP contribution in [0.1, 0.15) is 75.1 Å². The predicted molar refractivity (Wildman–Crippen MR) is 142 cm³/mol. The van der Waals surface area contributed by atoms with E-state index < -0.39 is 0 Å². The van der Waals surface area contributed by atoms with Crippen LogP contribution in [0, 0.1) is 5.92 Å². The quantitative estimate of drug-likeness (QED) is 0.540. The molecule has 0 saturated carbocycles. The minimum Gasteiger partial charge on any atom is -0.463 e. The first-order chi connectivity index (χ1) is 18.2. The van der Waals surface area contributed by atoms with E-state index in [9.17, 15) is 4.79 Å². The van der Waals surface area contributed by atoms with Crippen LogP contribution in [0.5, 0.6) is 0 Å². The maximum atomic E-state index is 13.1. The van der Waals surface area contributed by atoms with Crippen molar-refractivity contribution in [2.24, 2.45) is 5.92 Å². The number of carbonyl (C=O) groups excluding carboxylic acids is 1. The zero-order valence-corrected chi connectivity index (χ0v) is 21.8. The molecular formula is C28H39N7O2. The molecule has 1 N–H and O–H groups in total. The zero-order valence-electron chi connectivity index (χ0n) is 21.8. The molecule has 6 heterocycles. The molecular weight excluding hydrogens is 466 g/mol. The van der Waals surface area contributed by atoms with Crippen LogP contribution >= 0.6 is 0 Å². The zero-order chi connectivity index (χ0) is 25.0. The van der Waals surface area contributed by atoms with Gasteiger partial charge in [0.15, 0.2) is 17.0 Å². The number of imidazole rings is 1. The number of hydrogen-bond donors (Lipinski definition) is 1. The molecule has 3 aromatic rings. The molecule has 37 heavy (non-hydrogen) atoms. The van der Waals surface area contributed by atoms with E-state index in [-0.39, 0.29) is 11.8 Å². The van der Waals surface area contributed by atoms with Gasteiger partial charge in [-0.25, -0.2) is 15.0 Å². The molecule has 6 rings (SSSR count). The number of amides is 1. The highest BCUT2D eigenvalue weighted by atomic mass is 16.3. The number of aryl methyl sites for hydroxylation is 2. The Hall–Kier alpha value is -2.94. The van der Waals surface area contributed by atoms with Gasteiger partial charge in [-0.2, -0.15) is 0 Å². The Balaban J connectivity index is 1.07. The number of piperidine rings is 1. The van der Waals surface area contributed by atoms with Gasteiger partial charge in [0.1, 0.15) is 23.7 Å². The van der Waals surface area contributed by atoms with Crippen LogP contribution in [-0.2, 0) is 30.8 Å². The number of hydrogen-bond acceptors (Lipinski definition) is 7. The third kappa shape index (κ3) is 5.51. The van der Waals surface area contributed by atoms with Crippen molar-refractivity contribution >= 4 is 22.9 Å². The fourth-order valence-electron chi connectivity index (χ4n) is 6.18. The number of nitrogens with one attached hydrogen (secondary N) is 1. The Morgan fingerprint density at radius 1 is 0.946 bits per heavy atom. The van der Waals surface area contributed by atoms with Gasteiger partial charge in [0.2, 0.25) is 5.91 Å². The molecule has 1 atom stereocenters. The van der Waals surface area contributed by atoms with Gasteiger partial charge in [-0.1, -0.05) is 19.3 Å². The summed E-state index contributed by atoms with van der Waals surface area (Å²) in [4.78, 5) is 32.0. The molecule has 0 aromatic carbocycles. The molecule has 9 nitrogen and oxygen atoms in total. The molecule has 2 fully saturated rings. The van der Waals surface area contributed by atoms with Crippen molar-refractivity contribution < 1.29 is 9.21 Å². The summed E-state index contributed by atoms with van der Waals surface area (Å²) in [7, 11) is 0. The van der Waals surface area contributed by atoms with Crippen molar-refractivity contribution in [3.63, 3.8) is 0 Å². The van der Waals surface area contributed by atoms with Crippen LogP contribution < -0.4 is 10.2 Å². The predicted octanol–water partition coefficient (Wildman–Crippen LogP) is 4.05. The Morgan fingerprint density at radius 2 is 1.76 bits per heavy atom. The monoisotopic (exact) mass is 505 g/mol. The second kappa shape index (κ2) is 11.2. The van der Waals surface area contributed by atoms with E-state index in [1.807, 2.05) is 6.07 Å². The van der Waals surface area contributed by atoms with E-state index in [0.717, 1.165) is 86.3 Å². The molecule has 0 unspecified atom stereocenters. The number of likely N-dealkylation sites (tertiary alicyclic amines) is 1. The maximum Gasteiger partial charge on any atom is 0.225 e. The first-order valence-electron chi connectivity index (χ1n) is 14.3. The fourth-order valence-corrected chi connectivity index (χ4v) is 6.18. The number of fused-ring (bicyclic) bond motifs is 3. The van der Waals surface area contributed by atoms with Crippen molar-refractivity contribution in [3.8, 4) is 0 Å². The molecule has 0 radical (unpaired) electrons. The van der Waals surface area contributed by atoms with E-state index in [1.54, 1.807) is 6.33 Å². The second-order valence-corrected chi connectivity index (χ2v) is 10.9. The normalized spacial score (nSPS) is 21.4. The Morgan fingerprint density at radius 3 is 2.65 bits per heavy atom. The van der Waals surface area contributed by atoms with Crippen LogP contribution in [0.15, 0.2) is 22.9 Å². The van der Waals surface area contributed by atoms with Crippen molar-refractivity contribution in [3.05, 3.63) is 35.8 Å². The molecule has 3 aromatic heterocycles. The number of rotatable bonds is 6. The molecule has 0 spiro atoms. The summed E-state index contributed by atoms with van der Waals surface area (Å²) in [5, 5.41) is 3.13. The summed E-state index contributed by atoms with van der Waals surface area (Å²) in [5.41, 5.74) is 1.82. The summed E-state index contributed by atoms with van der Waals surface area (Å²) in [6.45, 7) is 6.09. The standard InChI is InChI=1S/C28H39N7O2/c36-28(29-17-22-11-12-23(37-22)19-33-13-5-1-2-6-14-33)21-9-8-15-34(18-21)26-25-27(31-20-30-26)35-16-7-3-4-10-24(35)32-25/h11-12,20-21H,1-10,13-19H2,(H,29,36)/t21-/m1/s1. The van der Waals surface area contributed by atoms with Gasteiger partial charge in [-0.05, 0) is 63.7 Å². The van der Waals surface area contributed by atoms with Gasteiger partial charge in [0.05, 0.1) is 19.0 Å². The number of carbonyl (C=O) groups is 1. The lowest BCUT2D eigenvalue weighted by Gasteiger charge is -2.32. The van der Waals surface area contributed by atoms with E-state index >= 15 is 0 Å². The topological polar surface area (TPSA) is 92.3 Å². The molecule has 0 bridgehead atoms. The number of anilines is 1. The van der Waals surface area contributed by atoms with Crippen LogP contribution in [0.4, 0.5) is 5.82 Å². The van der Waals surface area contributed by atoms with Crippen LogP contribution in [0.25, 0.3) is 11.2 Å². The van der Waals surface area contributed by atoms with Gasteiger partial charge in [0.25, 0.3) is 0 Å². The maximum absolute atomic E-state index is 13.1. The number of aromatic nitrogens is 4. The van der Waals surface area contributed by atoms with Crippen molar-refractivity contribution in [1.29, 1.82) is 0 Å². The van der Waals surface area contributed by atoms with E-state index in [1.165, 1.54) is 44.9 Å². The highest BCUT2D eigenvalue weighted by Crippen LogP contribution is 2.29. The second-order valence-electron chi connectivity index (χ2n) is 10.9. The summed E-state index contributed by atoms with van der Waals surface area (Å²) in [6.07, 6.45) is 13.3. The highest BCUT2D eigenvalue weighted by molar-refractivity contribution is 5.85. The van der Waals surface area contributed by atoms with E-state index in [4.69, 9.17) is 9.40 Å². The molecule has 3 aliphatic rings. The average Bonchev–Trinajstić information content (AvgIpc) is 3.31. The number of nitrogens with zero attached hydrogens (tertiary/aromatic N) is 6. The minimum atomic E-state index is -0.0780. The van der Waals surface area contributed by atoms with Crippen molar-refractivity contribution in [1.82, 2.24) is 29.7 Å². The fraction of sp³-hybridized carbons (Fsp3) is 0.643. The number of furan rings is 1. The average molecular weight is 506 g/mol. The molecule has 9 heteroatoms. The third-order valence-corrected chi connectivity index (χ3v) is 8.20. The molecule has 198 valence electrons. The van der Waals surface area contributed by atoms with Crippen LogP contribution in [-0.4, -0.2) is 56.5 Å². The first-order valence-corrected chi connectivity index (χ1v) is 14.3. The van der Waals surface area contributed by atoms with E-state index in [2.05, 4.69) is 35.7 Å². The van der Waals surface area contributed by atoms with Gasteiger partial charge in [0, 0.05) is 26.1 Å². The van der Waals surface area contributed by atoms with Gasteiger partial charge in [-0.15, -0.1) is 0 Å². The van der Waals surface area contributed by atoms with Gasteiger partial charge >= 0.3 is 0 Å². The van der Waals surface area contributed by atoms with Crippen LogP contribution in [0.2, 0.25) is 0 Å². The van der Waals surface area contributed by atoms with Crippen molar-refractivity contribution in [2.75, 3.05) is 31.1 Å². The molecule has 2 saturated heterocycles. The molecule has 3 aliphatic heterocycles. The van der Waals surface area contributed by atoms with Crippen molar-refractivity contribution in [2.45, 2.75) is 83.8 Å². The summed E-state index contributed by atoms with van der Waals surface area (Å²) in [5.74, 6) is 3.80. The minimum absolute atomic E-state index is 0.0780. The van der Waals surface area contributed by atoms with Gasteiger partial charge < -0.3 is 19.2 Å². The smallest absolute Gasteiger partial charge is 0.225 e. The Kier molecular flexibility index (Phi) is 7.39. The largest absolute Gasteiger partial charge is 0.463 e. The van der Waals surface area contributed by atoms with Crippen LogP contribution in [0.3, 0.4) is 0 Å². The lowest BCUT2D eigenvalue weighted by atomic mass is 9.97. The lowest BCUT2D eigenvalue weighted by molar-refractivity contribution is -0.125. The third-order valence-electron chi connectivity index (χ3n) is 8.20. The first kappa shape index (κ1) is 24.4. The molecule has 1 amide bonds. The van der Waals surface area contributed by atoms with Gasteiger partial charge in [-0.3, -0.25) is 9.69 Å². The lowest BCUT2D eigenvalue weighted by Crippen LogP contribution is -2.43. The molecule has 0 aliphatic carbocycles. The SMILES string of the molecule is O=C(NCc1ccc(CN2CCCCCC2)o1)[C@@H]1CCCN(c2ncnc3c2nc2n3CCCCC2)C1. The Bertz CT molecular complexity index is 1210. The highest BCUT2D eigenvalue weighted by Gasteiger charge is 2.29. The summed E-state index contributed by atoms with van der Waals surface area (Å²) in [6, 6.07) is 4.06. The summed E-state index contributed by atoms with van der Waals surface area (Å²) < 4.78 is 8.33. The Labute approximate surface area is 218 Å².